The molecule has 1 aromatic carbocycles. The van der Waals surface area contributed by atoms with Crippen LogP contribution in [-0.4, -0.2) is 25.3 Å². The van der Waals surface area contributed by atoms with Crippen molar-refractivity contribution >= 4 is 5.78 Å². The van der Waals surface area contributed by atoms with Gasteiger partial charge in [0.15, 0.2) is 11.6 Å². The summed E-state index contributed by atoms with van der Waals surface area (Å²) in [5.74, 6) is -0.00470. The number of pyridine rings is 2. The number of hydrogen-bond donors (Lipinski definition) is 0. The average Bonchev–Trinajstić information content (AvgIpc) is 3.14. The van der Waals surface area contributed by atoms with Crippen molar-refractivity contribution < 1.29 is 9.18 Å². The van der Waals surface area contributed by atoms with Gasteiger partial charge in [-0.25, -0.2) is 9.97 Å². The zero-order valence-electron chi connectivity index (χ0n) is 17.3. The van der Waals surface area contributed by atoms with Gasteiger partial charge in [-0.05, 0) is 37.1 Å². The number of halogens is 1. The van der Waals surface area contributed by atoms with Gasteiger partial charge in [-0.1, -0.05) is 44.2 Å². The number of imidazole rings is 1. The van der Waals surface area contributed by atoms with Crippen molar-refractivity contribution in [2.75, 3.05) is 0 Å². The zero-order chi connectivity index (χ0) is 21.6. The second kappa shape index (κ2) is 7.23. The van der Waals surface area contributed by atoms with Crippen LogP contribution < -0.4 is 0 Å². The van der Waals surface area contributed by atoms with Crippen molar-refractivity contribution in [3.63, 3.8) is 0 Å². The van der Waals surface area contributed by atoms with Gasteiger partial charge in [0, 0.05) is 22.7 Å². The van der Waals surface area contributed by atoms with Crippen LogP contribution in [0.1, 0.15) is 36.3 Å². The number of ketones is 1. The molecule has 0 unspecified atom stereocenters. The number of aryl methyl sites for hydroxylation is 1. The molecule has 0 saturated carbocycles. The summed E-state index contributed by atoms with van der Waals surface area (Å²) in [5, 5.41) is 0. The standard InChI is InChI=1S/C25H21FN4O/c1-25(2)13-12-19-18(22(25)31)10-11-20(28-19)24-29-21(16-7-4-3-5-8-16)23(26)30(24)17-9-6-14-27-15-17/h3-11,14-15H,12-13H2,1-2H3. The van der Waals surface area contributed by atoms with E-state index >= 15 is 4.39 Å². The van der Waals surface area contributed by atoms with Crippen LogP contribution in [0.2, 0.25) is 0 Å². The molecule has 0 amide bonds. The summed E-state index contributed by atoms with van der Waals surface area (Å²) in [5.41, 5.74) is 3.00. The number of Topliss-reactive ketones (excluding diaryl/α,β-unsaturated/α-hetero) is 1. The van der Waals surface area contributed by atoms with Gasteiger partial charge in [0.25, 0.3) is 0 Å². The molecule has 0 fully saturated rings. The van der Waals surface area contributed by atoms with E-state index in [1.54, 1.807) is 36.7 Å². The van der Waals surface area contributed by atoms with E-state index in [-0.39, 0.29) is 11.5 Å². The molecule has 0 N–H and O–H groups in total. The topological polar surface area (TPSA) is 60.7 Å². The Morgan fingerprint density at radius 2 is 1.81 bits per heavy atom. The van der Waals surface area contributed by atoms with Crippen LogP contribution in [-0.2, 0) is 6.42 Å². The molecule has 0 spiro atoms. The molecule has 0 atom stereocenters. The molecule has 5 nitrogen and oxygen atoms in total. The minimum absolute atomic E-state index is 0.0968. The van der Waals surface area contributed by atoms with Crippen LogP contribution in [0.4, 0.5) is 4.39 Å². The highest BCUT2D eigenvalue weighted by Gasteiger charge is 2.35. The summed E-state index contributed by atoms with van der Waals surface area (Å²) >= 11 is 0. The predicted molar refractivity (Wildman–Crippen MR) is 116 cm³/mol. The highest BCUT2D eigenvalue weighted by Crippen LogP contribution is 2.36. The van der Waals surface area contributed by atoms with E-state index in [9.17, 15) is 4.79 Å². The van der Waals surface area contributed by atoms with E-state index in [1.807, 2.05) is 44.2 Å². The lowest BCUT2D eigenvalue weighted by atomic mass is 9.75. The maximum Gasteiger partial charge on any atom is 0.226 e. The third-order valence-corrected chi connectivity index (χ3v) is 5.82. The fourth-order valence-electron chi connectivity index (χ4n) is 4.01. The minimum Gasteiger partial charge on any atom is -0.294 e. The fraction of sp³-hybridized carbons (Fsp3) is 0.200. The molecule has 3 heterocycles. The summed E-state index contributed by atoms with van der Waals surface area (Å²) in [7, 11) is 0. The van der Waals surface area contributed by atoms with E-state index in [1.165, 1.54) is 4.57 Å². The molecule has 6 heteroatoms. The smallest absolute Gasteiger partial charge is 0.226 e. The Balaban J connectivity index is 1.70. The van der Waals surface area contributed by atoms with Gasteiger partial charge in [0.1, 0.15) is 11.4 Å². The molecule has 0 aliphatic heterocycles. The molecule has 31 heavy (non-hydrogen) atoms. The van der Waals surface area contributed by atoms with Crippen molar-refractivity contribution in [1.29, 1.82) is 0 Å². The van der Waals surface area contributed by atoms with Gasteiger partial charge in [0.05, 0.1) is 17.6 Å². The first-order valence-corrected chi connectivity index (χ1v) is 10.2. The molecular weight excluding hydrogens is 391 g/mol. The number of aromatic nitrogens is 4. The van der Waals surface area contributed by atoms with Crippen molar-refractivity contribution in [3.8, 4) is 28.5 Å². The predicted octanol–water partition coefficient (Wildman–Crippen LogP) is 5.29. The Labute approximate surface area is 179 Å². The number of benzene rings is 1. The summed E-state index contributed by atoms with van der Waals surface area (Å²) in [6.07, 6.45) is 4.66. The number of hydrogen-bond acceptors (Lipinski definition) is 4. The van der Waals surface area contributed by atoms with Gasteiger partial charge >= 0.3 is 0 Å². The lowest BCUT2D eigenvalue weighted by molar-refractivity contribution is 0.0809. The summed E-state index contributed by atoms with van der Waals surface area (Å²) in [6, 6.07) is 16.3. The van der Waals surface area contributed by atoms with Crippen LogP contribution in [0, 0.1) is 11.4 Å². The Kier molecular flexibility index (Phi) is 4.50. The Bertz CT molecular complexity index is 1280. The summed E-state index contributed by atoms with van der Waals surface area (Å²) in [4.78, 5) is 26.3. The van der Waals surface area contributed by atoms with Gasteiger partial charge in [-0.3, -0.25) is 14.3 Å². The normalized spacial score (nSPS) is 15.0. The minimum atomic E-state index is -0.481. The Morgan fingerprint density at radius 3 is 2.55 bits per heavy atom. The van der Waals surface area contributed by atoms with Crippen LogP contribution >= 0.6 is 0 Å². The molecule has 0 saturated heterocycles. The third kappa shape index (κ3) is 3.24. The highest BCUT2D eigenvalue weighted by atomic mass is 19.1. The largest absolute Gasteiger partial charge is 0.294 e. The first-order valence-electron chi connectivity index (χ1n) is 10.2. The van der Waals surface area contributed by atoms with Crippen molar-refractivity contribution in [3.05, 3.63) is 84.2 Å². The van der Waals surface area contributed by atoms with Gasteiger partial charge in [-0.2, -0.15) is 4.39 Å². The number of nitrogens with zero attached hydrogens (tertiary/aromatic N) is 4. The maximum absolute atomic E-state index is 15.6. The van der Waals surface area contributed by atoms with E-state index in [4.69, 9.17) is 4.98 Å². The molecule has 0 radical (unpaired) electrons. The number of fused-ring (bicyclic) bond motifs is 1. The quantitative estimate of drug-likeness (QED) is 0.459. The lowest BCUT2D eigenvalue weighted by Crippen LogP contribution is -2.31. The van der Waals surface area contributed by atoms with Gasteiger partial charge in [0.2, 0.25) is 5.95 Å². The van der Waals surface area contributed by atoms with Crippen LogP contribution in [0.15, 0.2) is 67.0 Å². The Hall–Kier alpha value is -3.67. The van der Waals surface area contributed by atoms with Crippen molar-refractivity contribution in [1.82, 2.24) is 19.5 Å². The van der Waals surface area contributed by atoms with E-state index in [2.05, 4.69) is 9.97 Å². The van der Waals surface area contributed by atoms with E-state index in [0.29, 0.717) is 34.8 Å². The maximum atomic E-state index is 15.6. The van der Waals surface area contributed by atoms with Crippen LogP contribution in [0.5, 0.6) is 0 Å². The number of rotatable bonds is 3. The average molecular weight is 412 g/mol. The SMILES string of the molecule is CC1(C)CCc2nc(-c3nc(-c4ccccc4)c(F)n3-c3cccnc3)ccc2C1=O. The molecule has 1 aliphatic rings. The van der Waals surface area contributed by atoms with Crippen molar-refractivity contribution in [2.45, 2.75) is 26.7 Å². The second-order valence-electron chi connectivity index (χ2n) is 8.39. The van der Waals surface area contributed by atoms with Crippen molar-refractivity contribution in [2.24, 2.45) is 5.41 Å². The summed E-state index contributed by atoms with van der Waals surface area (Å²) in [6.45, 7) is 3.92. The molecule has 5 rings (SSSR count). The van der Waals surface area contributed by atoms with Crippen LogP contribution in [0.3, 0.4) is 0 Å². The molecule has 0 bridgehead atoms. The van der Waals surface area contributed by atoms with Gasteiger partial charge in [-0.15, -0.1) is 0 Å². The molecule has 3 aromatic heterocycles. The molecule has 154 valence electrons. The molecule has 1 aliphatic carbocycles. The fourth-order valence-corrected chi connectivity index (χ4v) is 4.01. The summed E-state index contributed by atoms with van der Waals surface area (Å²) < 4.78 is 17.1. The molecular formula is C25H21FN4O. The third-order valence-electron chi connectivity index (χ3n) is 5.82. The van der Waals surface area contributed by atoms with E-state index < -0.39 is 11.4 Å². The Morgan fingerprint density at radius 1 is 1.00 bits per heavy atom. The van der Waals surface area contributed by atoms with E-state index in [0.717, 1.165) is 12.1 Å². The number of carbonyl (C=O) groups is 1. The zero-order valence-corrected chi connectivity index (χ0v) is 17.3. The lowest BCUT2D eigenvalue weighted by Gasteiger charge is -2.29. The first-order chi connectivity index (χ1) is 15.0. The number of carbonyl (C=O) groups excluding carboxylic acids is 1. The first kappa shape index (κ1) is 19.3. The highest BCUT2D eigenvalue weighted by molar-refractivity contribution is 6.02. The second-order valence-corrected chi connectivity index (χ2v) is 8.39. The molecule has 4 aromatic rings. The van der Waals surface area contributed by atoms with Crippen LogP contribution in [0.25, 0.3) is 28.5 Å². The monoisotopic (exact) mass is 412 g/mol. The van der Waals surface area contributed by atoms with Gasteiger partial charge < -0.3 is 0 Å².